The van der Waals surface area contributed by atoms with Crippen LogP contribution < -0.4 is 5.32 Å². The average Bonchev–Trinajstić information content (AvgIpc) is 2.54. The highest BCUT2D eigenvalue weighted by Gasteiger charge is 2.29. The Morgan fingerprint density at radius 1 is 1.27 bits per heavy atom. The molecule has 1 heterocycles. The molecule has 0 bridgehead atoms. The highest BCUT2D eigenvalue weighted by atomic mass is 16.2. The minimum Gasteiger partial charge on any atom is -0.331 e. The van der Waals surface area contributed by atoms with E-state index >= 15 is 0 Å². The first kappa shape index (κ1) is 16.3. The highest BCUT2D eigenvalue weighted by Crippen LogP contribution is 2.20. The lowest BCUT2D eigenvalue weighted by atomic mass is 9.97. The van der Waals surface area contributed by atoms with Gasteiger partial charge < -0.3 is 15.1 Å². The molecule has 1 atom stereocenters. The summed E-state index contributed by atoms with van der Waals surface area (Å²) >= 11 is 0. The maximum atomic E-state index is 12.4. The van der Waals surface area contributed by atoms with E-state index in [2.05, 4.69) is 12.2 Å². The van der Waals surface area contributed by atoms with Crippen LogP contribution in [0.4, 0.5) is 10.5 Å². The lowest BCUT2D eigenvalue weighted by Gasteiger charge is -2.33. The molecule has 0 aliphatic carbocycles. The molecule has 1 unspecified atom stereocenters. The van der Waals surface area contributed by atoms with E-state index in [1.54, 1.807) is 23.9 Å². The second-order valence-corrected chi connectivity index (χ2v) is 6.00. The third-order valence-electron chi connectivity index (χ3n) is 4.07. The molecule has 1 N–H and O–H groups in total. The predicted molar refractivity (Wildman–Crippen MR) is 87.8 cm³/mol. The first-order valence-corrected chi connectivity index (χ1v) is 7.87. The van der Waals surface area contributed by atoms with E-state index in [1.807, 2.05) is 24.3 Å². The number of nitrogens with zero attached hydrogens (tertiary/aromatic N) is 2. The number of piperidine rings is 1. The van der Waals surface area contributed by atoms with Gasteiger partial charge in [-0.15, -0.1) is 0 Å². The van der Waals surface area contributed by atoms with Crippen LogP contribution in [-0.2, 0) is 11.2 Å². The molecule has 0 spiro atoms. The van der Waals surface area contributed by atoms with Crippen LogP contribution in [0.3, 0.4) is 0 Å². The number of nitrogens with one attached hydrogen (secondary N) is 1. The van der Waals surface area contributed by atoms with Gasteiger partial charge in [0.2, 0.25) is 5.91 Å². The summed E-state index contributed by atoms with van der Waals surface area (Å²) < 4.78 is 0. The minimum atomic E-state index is -0.136. The maximum absolute atomic E-state index is 12.4. The van der Waals surface area contributed by atoms with E-state index in [9.17, 15) is 9.59 Å². The fourth-order valence-corrected chi connectivity index (χ4v) is 2.72. The number of hydrogen-bond acceptors (Lipinski definition) is 2. The van der Waals surface area contributed by atoms with Crippen LogP contribution in [0.5, 0.6) is 0 Å². The molecular weight excluding hydrogens is 278 g/mol. The number of urea groups is 1. The number of aryl methyl sites for hydroxylation is 1. The fourth-order valence-electron chi connectivity index (χ4n) is 2.72. The second-order valence-electron chi connectivity index (χ2n) is 6.00. The van der Waals surface area contributed by atoms with Crippen molar-refractivity contribution in [1.29, 1.82) is 0 Å². The van der Waals surface area contributed by atoms with Gasteiger partial charge >= 0.3 is 6.03 Å². The molecule has 1 fully saturated rings. The van der Waals surface area contributed by atoms with Gasteiger partial charge in [-0.05, 0) is 37.0 Å². The van der Waals surface area contributed by atoms with Crippen molar-refractivity contribution < 1.29 is 9.59 Å². The largest absolute Gasteiger partial charge is 0.331 e. The SMILES string of the molecule is CCc1ccc(NC(=O)C2CCCN(C(=O)N(C)C)C2)cc1. The first-order chi connectivity index (χ1) is 10.5. The van der Waals surface area contributed by atoms with Gasteiger partial charge in [0, 0.05) is 32.9 Å². The molecule has 1 aliphatic rings. The molecule has 22 heavy (non-hydrogen) atoms. The number of benzene rings is 1. The van der Waals surface area contributed by atoms with Crippen LogP contribution in [0.15, 0.2) is 24.3 Å². The smallest absolute Gasteiger partial charge is 0.319 e. The van der Waals surface area contributed by atoms with Gasteiger partial charge in [-0.2, -0.15) is 0 Å². The molecule has 2 rings (SSSR count). The van der Waals surface area contributed by atoms with Crippen LogP contribution in [0.2, 0.25) is 0 Å². The molecule has 5 heteroatoms. The van der Waals surface area contributed by atoms with Crippen LogP contribution in [-0.4, -0.2) is 48.9 Å². The van der Waals surface area contributed by atoms with Crippen molar-refractivity contribution in [3.05, 3.63) is 29.8 Å². The van der Waals surface area contributed by atoms with E-state index in [0.29, 0.717) is 6.54 Å². The topological polar surface area (TPSA) is 52.7 Å². The molecule has 0 saturated carbocycles. The number of anilines is 1. The van der Waals surface area contributed by atoms with E-state index in [1.165, 1.54) is 5.56 Å². The molecule has 1 saturated heterocycles. The van der Waals surface area contributed by atoms with Gasteiger partial charge in [0.05, 0.1) is 5.92 Å². The Hall–Kier alpha value is -2.04. The molecular formula is C17H25N3O2. The molecule has 0 radical (unpaired) electrons. The third kappa shape index (κ3) is 4.00. The van der Waals surface area contributed by atoms with Gasteiger partial charge in [-0.25, -0.2) is 4.79 Å². The lowest BCUT2D eigenvalue weighted by Crippen LogP contribution is -2.47. The van der Waals surface area contributed by atoms with Gasteiger partial charge in [0.1, 0.15) is 0 Å². The fraction of sp³-hybridized carbons (Fsp3) is 0.529. The zero-order valence-electron chi connectivity index (χ0n) is 13.6. The number of likely N-dealkylation sites (tertiary alicyclic amines) is 1. The average molecular weight is 303 g/mol. The Kier molecular flexibility index (Phi) is 5.41. The van der Waals surface area contributed by atoms with Crippen molar-refractivity contribution in [3.8, 4) is 0 Å². The minimum absolute atomic E-state index is 0.000467. The van der Waals surface area contributed by atoms with E-state index in [-0.39, 0.29) is 17.9 Å². The molecule has 5 nitrogen and oxygen atoms in total. The van der Waals surface area contributed by atoms with Crippen molar-refractivity contribution in [2.24, 2.45) is 5.92 Å². The normalized spacial score (nSPS) is 18.0. The Bertz CT molecular complexity index is 525. The van der Waals surface area contributed by atoms with E-state index in [0.717, 1.165) is 31.5 Å². The van der Waals surface area contributed by atoms with Crippen LogP contribution in [0, 0.1) is 5.92 Å². The van der Waals surface area contributed by atoms with E-state index < -0.39 is 0 Å². The Morgan fingerprint density at radius 3 is 2.55 bits per heavy atom. The molecule has 3 amide bonds. The quantitative estimate of drug-likeness (QED) is 0.933. The number of rotatable bonds is 3. The molecule has 1 aliphatic heterocycles. The second kappa shape index (κ2) is 7.29. The monoisotopic (exact) mass is 303 g/mol. The standard InChI is InChI=1S/C17H25N3O2/c1-4-13-7-9-15(10-8-13)18-16(21)14-6-5-11-20(12-14)17(22)19(2)3/h7-10,14H,4-6,11-12H2,1-3H3,(H,18,21). The number of hydrogen-bond donors (Lipinski definition) is 1. The Labute approximate surface area is 132 Å². The zero-order valence-corrected chi connectivity index (χ0v) is 13.6. The highest BCUT2D eigenvalue weighted by molar-refractivity contribution is 5.93. The molecule has 1 aromatic carbocycles. The van der Waals surface area contributed by atoms with Crippen LogP contribution in [0.1, 0.15) is 25.3 Å². The number of carbonyl (C=O) groups is 2. The third-order valence-corrected chi connectivity index (χ3v) is 4.07. The van der Waals surface area contributed by atoms with Crippen molar-refractivity contribution in [3.63, 3.8) is 0 Å². The summed E-state index contributed by atoms with van der Waals surface area (Å²) in [4.78, 5) is 27.7. The summed E-state index contributed by atoms with van der Waals surface area (Å²) in [7, 11) is 3.47. The van der Waals surface area contributed by atoms with Gasteiger partial charge in [-0.1, -0.05) is 19.1 Å². The molecule has 1 aromatic rings. The Balaban J connectivity index is 1.95. The van der Waals surface area contributed by atoms with Crippen LogP contribution >= 0.6 is 0 Å². The molecule has 0 aromatic heterocycles. The van der Waals surface area contributed by atoms with Crippen molar-refractivity contribution in [2.45, 2.75) is 26.2 Å². The van der Waals surface area contributed by atoms with Crippen molar-refractivity contribution in [1.82, 2.24) is 9.80 Å². The molecule has 120 valence electrons. The summed E-state index contributed by atoms with van der Waals surface area (Å²) in [5, 5.41) is 2.96. The summed E-state index contributed by atoms with van der Waals surface area (Å²) in [6, 6.07) is 7.89. The predicted octanol–water partition coefficient (Wildman–Crippen LogP) is 2.58. The van der Waals surface area contributed by atoms with Gasteiger partial charge in [0.25, 0.3) is 0 Å². The lowest BCUT2D eigenvalue weighted by molar-refractivity contribution is -0.121. The number of carbonyl (C=O) groups excluding carboxylic acids is 2. The van der Waals surface area contributed by atoms with E-state index in [4.69, 9.17) is 0 Å². The van der Waals surface area contributed by atoms with Crippen molar-refractivity contribution in [2.75, 3.05) is 32.5 Å². The maximum Gasteiger partial charge on any atom is 0.319 e. The summed E-state index contributed by atoms with van der Waals surface area (Å²) in [5.41, 5.74) is 2.07. The Morgan fingerprint density at radius 2 is 1.95 bits per heavy atom. The zero-order chi connectivity index (χ0) is 16.1. The number of amides is 3. The summed E-state index contributed by atoms with van der Waals surface area (Å²) in [5.74, 6) is -0.135. The summed E-state index contributed by atoms with van der Waals surface area (Å²) in [6.07, 6.45) is 2.68. The summed E-state index contributed by atoms with van der Waals surface area (Å²) in [6.45, 7) is 3.33. The van der Waals surface area contributed by atoms with Gasteiger partial charge in [0.15, 0.2) is 0 Å². The van der Waals surface area contributed by atoms with Gasteiger partial charge in [-0.3, -0.25) is 4.79 Å². The van der Waals surface area contributed by atoms with Crippen LogP contribution in [0.25, 0.3) is 0 Å². The van der Waals surface area contributed by atoms with Crippen molar-refractivity contribution >= 4 is 17.6 Å². The first-order valence-electron chi connectivity index (χ1n) is 7.87.